The SMILES string of the molecule is O=Cc1cn(Cc2ccccc2[N+](=O)[O-])c2ncccc12. The molecule has 1 aromatic carbocycles. The van der Waals surface area contributed by atoms with Crippen LogP contribution in [0.3, 0.4) is 0 Å². The molecule has 104 valence electrons. The summed E-state index contributed by atoms with van der Waals surface area (Å²) in [6.07, 6.45) is 4.06. The molecule has 0 saturated carbocycles. The first-order valence-electron chi connectivity index (χ1n) is 6.32. The highest BCUT2D eigenvalue weighted by Crippen LogP contribution is 2.23. The lowest BCUT2D eigenvalue weighted by Crippen LogP contribution is -2.02. The predicted octanol–water partition coefficient (Wildman–Crippen LogP) is 2.81. The summed E-state index contributed by atoms with van der Waals surface area (Å²) < 4.78 is 1.75. The highest BCUT2D eigenvalue weighted by molar-refractivity contribution is 5.95. The second-order valence-corrected chi connectivity index (χ2v) is 4.59. The molecule has 0 bridgehead atoms. The second-order valence-electron chi connectivity index (χ2n) is 4.59. The minimum Gasteiger partial charge on any atom is -0.327 e. The van der Waals surface area contributed by atoms with E-state index in [1.165, 1.54) is 6.07 Å². The van der Waals surface area contributed by atoms with Crippen LogP contribution in [0.4, 0.5) is 5.69 Å². The average Bonchev–Trinajstić information content (AvgIpc) is 2.86. The van der Waals surface area contributed by atoms with Crippen molar-refractivity contribution < 1.29 is 9.72 Å². The van der Waals surface area contributed by atoms with Crippen molar-refractivity contribution in [2.75, 3.05) is 0 Å². The molecule has 0 fully saturated rings. The molecule has 6 heteroatoms. The molecule has 0 radical (unpaired) electrons. The molecular weight excluding hydrogens is 270 g/mol. The van der Waals surface area contributed by atoms with E-state index in [-0.39, 0.29) is 5.69 Å². The van der Waals surface area contributed by atoms with E-state index in [0.29, 0.717) is 23.3 Å². The lowest BCUT2D eigenvalue weighted by molar-refractivity contribution is -0.385. The van der Waals surface area contributed by atoms with Gasteiger partial charge in [0, 0.05) is 35.0 Å². The normalized spacial score (nSPS) is 10.7. The summed E-state index contributed by atoms with van der Waals surface area (Å²) in [7, 11) is 0. The number of pyridine rings is 1. The minimum atomic E-state index is -0.408. The number of nitro benzene ring substituents is 1. The van der Waals surface area contributed by atoms with E-state index >= 15 is 0 Å². The van der Waals surface area contributed by atoms with Gasteiger partial charge in [0.25, 0.3) is 5.69 Å². The summed E-state index contributed by atoms with van der Waals surface area (Å²) >= 11 is 0. The van der Waals surface area contributed by atoms with Crippen molar-refractivity contribution in [3.63, 3.8) is 0 Å². The summed E-state index contributed by atoms with van der Waals surface area (Å²) in [5.41, 5.74) is 1.79. The lowest BCUT2D eigenvalue weighted by Gasteiger charge is -2.05. The molecule has 0 aliphatic heterocycles. The van der Waals surface area contributed by atoms with Crippen LogP contribution in [0.15, 0.2) is 48.8 Å². The fourth-order valence-electron chi connectivity index (χ4n) is 2.37. The molecule has 0 aliphatic carbocycles. The fourth-order valence-corrected chi connectivity index (χ4v) is 2.37. The average molecular weight is 281 g/mol. The third kappa shape index (κ3) is 2.27. The van der Waals surface area contributed by atoms with Gasteiger partial charge in [0.2, 0.25) is 0 Å². The fraction of sp³-hybridized carbons (Fsp3) is 0.0667. The first-order chi connectivity index (χ1) is 10.2. The third-order valence-corrected chi connectivity index (χ3v) is 3.32. The van der Waals surface area contributed by atoms with Crippen LogP contribution in [-0.2, 0) is 6.54 Å². The van der Waals surface area contributed by atoms with Crippen molar-refractivity contribution in [2.24, 2.45) is 0 Å². The van der Waals surface area contributed by atoms with E-state index in [9.17, 15) is 14.9 Å². The van der Waals surface area contributed by atoms with Crippen molar-refractivity contribution in [3.8, 4) is 0 Å². The Balaban J connectivity index is 2.11. The number of aromatic nitrogens is 2. The molecule has 0 atom stereocenters. The number of carbonyl (C=O) groups is 1. The number of fused-ring (bicyclic) bond motifs is 1. The summed E-state index contributed by atoms with van der Waals surface area (Å²) in [5, 5.41) is 11.8. The summed E-state index contributed by atoms with van der Waals surface area (Å²) in [6, 6.07) is 10.1. The lowest BCUT2D eigenvalue weighted by atomic mass is 10.2. The van der Waals surface area contributed by atoms with Crippen LogP contribution in [0, 0.1) is 10.1 Å². The van der Waals surface area contributed by atoms with E-state index in [2.05, 4.69) is 4.98 Å². The Bertz CT molecular complexity index is 839. The molecule has 0 aliphatic rings. The predicted molar refractivity (Wildman–Crippen MR) is 77.3 cm³/mol. The number of hydrogen-bond donors (Lipinski definition) is 0. The molecule has 2 aromatic heterocycles. The van der Waals surface area contributed by atoms with Crippen LogP contribution in [0.1, 0.15) is 15.9 Å². The van der Waals surface area contributed by atoms with Crippen molar-refractivity contribution in [1.29, 1.82) is 0 Å². The van der Waals surface area contributed by atoms with Gasteiger partial charge in [-0.1, -0.05) is 18.2 Å². The summed E-state index contributed by atoms with van der Waals surface area (Å²) in [6.45, 7) is 0.290. The number of benzene rings is 1. The maximum Gasteiger partial charge on any atom is 0.274 e. The molecule has 0 saturated heterocycles. The van der Waals surface area contributed by atoms with Crippen LogP contribution >= 0.6 is 0 Å². The van der Waals surface area contributed by atoms with Gasteiger partial charge < -0.3 is 4.57 Å². The first kappa shape index (κ1) is 13.0. The van der Waals surface area contributed by atoms with Crippen LogP contribution in [-0.4, -0.2) is 20.8 Å². The van der Waals surface area contributed by atoms with Gasteiger partial charge in [-0.05, 0) is 12.1 Å². The van der Waals surface area contributed by atoms with Crippen molar-refractivity contribution in [1.82, 2.24) is 9.55 Å². The maximum absolute atomic E-state index is 11.1. The molecule has 3 aromatic rings. The maximum atomic E-state index is 11.1. The second kappa shape index (κ2) is 5.16. The number of hydrogen-bond acceptors (Lipinski definition) is 4. The molecular formula is C15H11N3O3. The Morgan fingerprint density at radius 2 is 2.05 bits per heavy atom. The minimum absolute atomic E-state index is 0.0583. The zero-order valence-corrected chi connectivity index (χ0v) is 11.0. The highest BCUT2D eigenvalue weighted by atomic mass is 16.6. The largest absolute Gasteiger partial charge is 0.327 e. The smallest absolute Gasteiger partial charge is 0.274 e. The van der Waals surface area contributed by atoms with Crippen molar-refractivity contribution in [3.05, 3.63) is 70.0 Å². The number of para-hydroxylation sites is 1. The molecule has 21 heavy (non-hydrogen) atoms. The Labute approximate surface area is 119 Å². The Kier molecular flexibility index (Phi) is 3.19. The molecule has 3 rings (SSSR count). The number of nitro groups is 1. The summed E-state index contributed by atoms with van der Waals surface area (Å²) in [5.74, 6) is 0. The zero-order valence-electron chi connectivity index (χ0n) is 11.0. The molecule has 0 N–H and O–H groups in total. The van der Waals surface area contributed by atoms with Crippen LogP contribution in [0.25, 0.3) is 11.0 Å². The zero-order chi connectivity index (χ0) is 14.8. The Hall–Kier alpha value is -3.02. The van der Waals surface area contributed by atoms with E-state index in [1.807, 2.05) is 6.07 Å². The highest BCUT2D eigenvalue weighted by Gasteiger charge is 2.15. The van der Waals surface area contributed by atoms with Gasteiger partial charge in [-0.2, -0.15) is 0 Å². The quantitative estimate of drug-likeness (QED) is 0.418. The van der Waals surface area contributed by atoms with Gasteiger partial charge in [0.15, 0.2) is 6.29 Å². The number of carbonyl (C=O) groups excluding carboxylic acids is 1. The summed E-state index contributed by atoms with van der Waals surface area (Å²) in [4.78, 5) is 26.0. The van der Waals surface area contributed by atoms with E-state index < -0.39 is 4.92 Å². The van der Waals surface area contributed by atoms with Gasteiger partial charge >= 0.3 is 0 Å². The third-order valence-electron chi connectivity index (χ3n) is 3.32. The standard InChI is InChI=1S/C15H11N3O3/c19-10-12-9-17(15-13(12)5-3-7-16-15)8-11-4-1-2-6-14(11)18(20)21/h1-7,9-10H,8H2. The van der Waals surface area contributed by atoms with Crippen LogP contribution in [0.2, 0.25) is 0 Å². The van der Waals surface area contributed by atoms with Crippen LogP contribution < -0.4 is 0 Å². The monoisotopic (exact) mass is 281 g/mol. The molecule has 6 nitrogen and oxygen atoms in total. The van der Waals surface area contributed by atoms with Crippen molar-refractivity contribution in [2.45, 2.75) is 6.54 Å². The Morgan fingerprint density at radius 3 is 2.81 bits per heavy atom. The van der Waals surface area contributed by atoms with Gasteiger partial charge in [0.05, 0.1) is 11.5 Å². The van der Waals surface area contributed by atoms with Gasteiger partial charge in [0.1, 0.15) is 5.65 Å². The van der Waals surface area contributed by atoms with E-state index in [4.69, 9.17) is 0 Å². The van der Waals surface area contributed by atoms with Crippen molar-refractivity contribution >= 4 is 23.0 Å². The van der Waals surface area contributed by atoms with Gasteiger partial charge in [-0.25, -0.2) is 4.98 Å². The number of nitrogens with zero attached hydrogens (tertiary/aromatic N) is 3. The van der Waals surface area contributed by atoms with Gasteiger partial charge in [-0.3, -0.25) is 14.9 Å². The topological polar surface area (TPSA) is 78.0 Å². The molecule has 0 amide bonds. The molecule has 2 heterocycles. The Morgan fingerprint density at radius 1 is 1.24 bits per heavy atom. The number of aldehydes is 1. The molecule has 0 unspecified atom stereocenters. The van der Waals surface area contributed by atoms with Gasteiger partial charge in [-0.15, -0.1) is 0 Å². The van der Waals surface area contributed by atoms with E-state index in [1.54, 1.807) is 41.2 Å². The molecule has 0 spiro atoms. The number of rotatable bonds is 4. The van der Waals surface area contributed by atoms with E-state index in [0.717, 1.165) is 11.7 Å². The van der Waals surface area contributed by atoms with Crippen LogP contribution in [0.5, 0.6) is 0 Å². The first-order valence-corrected chi connectivity index (χ1v) is 6.32.